The minimum atomic E-state index is 0.284. The van der Waals surface area contributed by atoms with Gasteiger partial charge in [0.15, 0.2) is 0 Å². The maximum absolute atomic E-state index is 12.2. The lowest BCUT2D eigenvalue weighted by molar-refractivity contribution is 0.129. The Morgan fingerprint density at radius 1 is 1.13 bits per heavy atom. The molecule has 0 spiro atoms. The average molecular weight is 210 g/mol. The summed E-state index contributed by atoms with van der Waals surface area (Å²) in [5.74, 6) is 0.681. The molecule has 0 bridgehead atoms. The second-order valence-electron chi connectivity index (χ2n) is 5.16. The zero-order chi connectivity index (χ0) is 10.8. The van der Waals surface area contributed by atoms with E-state index >= 15 is 0 Å². The number of hydrogen-bond acceptors (Lipinski definition) is 1. The van der Waals surface area contributed by atoms with E-state index in [0.29, 0.717) is 12.0 Å². The Kier molecular flexibility index (Phi) is 3.17. The first-order chi connectivity index (χ1) is 7.18. The van der Waals surface area contributed by atoms with Crippen LogP contribution in [0.4, 0.5) is 4.79 Å². The molecule has 86 valence electrons. The summed E-state index contributed by atoms with van der Waals surface area (Å²) in [6.45, 7) is 7.30. The molecule has 2 unspecified atom stereocenters. The molecular weight excluding hydrogens is 188 g/mol. The standard InChI is InChI=1S/C12H22N2O/c1-10-5-3-7-13(9-10)12(15)14-8-4-6-11(14)2/h10-11H,3-9H2,1-2H3. The van der Waals surface area contributed by atoms with Crippen molar-refractivity contribution in [1.82, 2.24) is 9.80 Å². The highest BCUT2D eigenvalue weighted by atomic mass is 16.2. The van der Waals surface area contributed by atoms with Crippen LogP contribution in [0.3, 0.4) is 0 Å². The highest BCUT2D eigenvalue weighted by Crippen LogP contribution is 2.22. The van der Waals surface area contributed by atoms with Crippen LogP contribution in [0, 0.1) is 5.92 Å². The first-order valence-electron chi connectivity index (χ1n) is 6.24. The number of amides is 2. The molecule has 2 aliphatic heterocycles. The molecule has 0 aromatic heterocycles. The number of urea groups is 1. The number of hydrogen-bond donors (Lipinski definition) is 0. The van der Waals surface area contributed by atoms with E-state index in [1.807, 2.05) is 0 Å². The van der Waals surface area contributed by atoms with Gasteiger partial charge in [0.05, 0.1) is 0 Å². The summed E-state index contributed by atoms with van der Waals surface area (Å²) in [6.07, 6.45) is 4.81. The van der Waals surface area contributed by atoms with Crippen LogP contribution in [0.1, 0.15) is 39.5 Å². The Morgan fingerprint density at radius 2 is 1.87 bits per heavy atom. The summed E-state index contributed by atoms with van der Waals surface area (Å²) in [4.78, 5) is 16.3. The Balaban J connectivity index is 1.94. The molecule has 2 saturated heterocycles. The molecule has 2 heterocycles. The molecule has 0 saturated carbocycles. The van der Waals surface area contributed by atoms with Gasteiger partial charge < -0.3 is 9.80 Å². The summed E-state index contributed by atoms with van der Waals surface area (Å²) in [7, 11) is 0. The van der Waals surface area contributed by atoms with Crippen LogP contribution in [0.25, 0.3) is 0 Å². The van der Waals surface area contributed by atoms with Crippen molar-refractivity contribution in [2.45, 2.75) is 45.6 Å². The topological polar surface area (TPSA) is 23.6 Å². The molecule has 0 aromatic carbocycles. The van der Waals surface area contributed by atoms with Crippen molar-refractivity contribution in [2.75, 3.05) is 19.6 Å². The third-order valence-electron chi connectivity index (χ3n) is 3.73. The lowest BCUT2D eigenvalue weighted by atomic mass is 10.0. The lowest BCUT2D eigenvalue weighted by Gasteiger charge is -2.35. The van der Waals surface area contributed by atoms with Gasteiger partial charge in [-0.3, -0.25) is 0 Å². The predicted octanol–water partition coefficient (Wildman–Crippen LogP) is 2.32. The summed E-state index contributed by atoms with van der Waals surface area (Å²) in [6, 6.07) is 0.737. The van der Waals surface area contributed by atoms with E-state index in [-0.39, 0.29) is 6.03 Å². The third kappa shape index (κ3) is 2.27. The minimum Gasteiger partial charge on any atom is -0.324 e. The first-order valence-corrected chi connectivity index (χ1v) is 6.24. The molecule has 2 atom stereocenters. The van der Waals surface area contributed by atoms with E-state index in [0.717, 1.165) is 19.6 Å². The van der Waals surface area contributed by atoms with Crippen LogP contribution in [-0.4, -0.2) is 41.5 Å². The average Bonchev–Trinajstić information content (AvgIpc) is 2.63. The van der Waals surface area contributed by atoms with Gasteiger partial charge in [0.25, 0.3) is 0 Å². The van der Waals surface area contributed by atoms with Crippen molar-refractivity contribution >= 4 is 6.03 Å². The van der Waals surface area contributed by atoms with Crippen LogP contribution < -0.4 is 0 Å². The second kappa shape index (κ2) is 4.42. The number of carbonyl (C=O) groups excluding carboxylic acids is 1. The Morgan fingerprint density at radius 3 is 2.47 bits per heavy atom. The lowest BCUT2D eigenvalue weighted by Crippen LogP contribution is -2.48. The van der Waals surface area contributed by atoms with Gasteiger partial charge in [-0.15, -0.1) is 0 Å². The second-order valence-corrected chi connectivity index (χ2v) is 5.16. The van der Waals surface area contributed by atoms with Gasteiger partial charge in [-0.1, -0.05) is 6.92 Å². The van der Waals surface area contributed by atoms with Gasteiger partial charge in [-0.25, -0.2) is 4.79 Å². The van der Waals surface area contributed by atoms with Gasteiger partial charge in [-0.2, -0.15) is 0 Å². The van der Waals surface area contributed by atoms with E-state index in [1.54, 1.807) is 0 Å². The molecule has 2 fully saturated rings. The molecule has 15 heavy (non-hydrogen) atoms. The van der Waals surface area contributed by atoms with Crippen LogP contribution in [0.2, 0.25) is 0 Å². The smallest absolute Gasteiger partial charge is 0.320 e. The Bertz CT molecular complexity index is 242. The van der Waals surface area contributed by atoms with E-state index in [1.165, 1.54) is 25.7 Å². The number of likely N-dealkylation sites (tertiary alicyclic amines) is 2. The summed E-state index contributed by atoms with van der Waals surface area (Å²) in [5, 5.41) is 0. The summed E-state index contributed by atoms with van der Waals surface area (Å²) >= 11 is 0. The summed E-state index contributed by atoms with van der Waals surface area (Å²) < 4.78 is 0. The van der Waals surface area contributed by atoms with Crippen LogP contribution >= 0.6 is 0 Å². The number of nitrogens with zero attached hydrogens (tertiary/aromatic N) is 2. The maximum atomic E-state index is 12.2. The number of rotatable bonds is 0. The van der Waals surface area contributed by atoms with Crippen molar-refractivity contribution in [3.05, 3.63) is 0 Å². The fraction of sp³-hybridized carbons (Fsp3) is 0.917. The molecule has 2 amide bonds. The van der Waals surface area contributed by atoms with Crippen molar-refractivity contribution in [2.24, 2.45) is 5.92 Å². The molecule has 0 radical (unpaired) electrons. The van der Waals surface area contributed by atoms with Gasteiger partial charge in [0.2, 0.25) is 0 Å². The van der Waals surface area contributed by atoms with Crippen molar-refractivity contribution in [1.29, 1.82) is 0 Å². The van der Waals surface area contributed by atoms with E-state index in [4.69, 9.17) is 0 Å². The van der Waals surface area contributed by atoms with Gasteiger partial charge >= 0.3 is 6.03 Å². The first kappa shape index (κ1) is 10.8. The molecule has 3 heteroatoms. The molecule has 0 aliphatic carbocycles. The molecule has 2 rings (SSSR count). The molecule has 3 nitrogen and oxygen atoms in total. The van der Waals surface area contributed by atoms with E-state index in [9.17, 15) is 4.79 Å². The predicted molar refractivity (Wildman–Crippen MR) is 60.8 cm³/mol. The van der Waals surface area contributed by atoms with E-state index < -0.39 is 0 Å². The van der Waals surface area contributed by atoms with E-state index in [2.05, 4.69) is 23.6 Å². The number of carbonyl (C=O) groups is 1. The van der Waals surface area contributed by atoms with Gasteiger partial charge in [0, 0.05) is 25.7 Å². The van der Waals surface area contributed by atoms with Gasteiger partial charge in [0.1, 0.15) is 0 Å². The normalized spacial score (nSPS) is 32.1. The van der Waals surface area contributed by atoms with Crippen molar-refractivity contribution < 1.29 is 4.79 Å². The quantitative estimate of drug-likeness (QED) is 0.602. The highest BCUT2D eigenvalue weighted by molar-refractivity contribution is 5.75. The van der Waals surface area contributed by atoms with Crippen molar-refractivity contribution in [3.8, 4) is 0 Å². The van der Waals surface area contributed by atoms with Crippen LogP contribution in [-0.2, 0) is 0 Å². The molecule has 2 aliphatic rings. The molecular formula is C12H22N2O. The highest BCUT2D eigenvalue weighted by Gasteiger charge is 2.30. The molecule has 0 N–H and O–H groups in total. The van der Waals surface area contributed by atoms with Crippen LogP contribution in [0.15, 0.2) is 0 Å². The van der Waals surface area contributed by atoms with Crippen molar-refractivity contribution in [3.63, 3.8) is 0 Å². The zero-order valence-corrected chi connectivity index (χ0v) is 9.91. The monoisotopic (exact) mass is 210 g/mol. The summed E-state index contributed by atoms with van der Waals surface area (Å²) in [5.41, 5.74) is 0. The third-order valence-corrected chi connectivity index (χ3v) is 3.73. The van der Waals surface area contributed by atoms with Crippen LogP contribution in [0.5, 0.6) is 0 Å². The molecule has 0 aromatic rings. The largest absolute Gasteiger partial charge is 0.324 e. The number of piperidine rings is 1. The minimum absolute atomic E-state index is 0.284. The van der Waals surface area contributed by atoms with Gasteiger partial charge in [-0.05, 0) is 38.5 Å². The SMILES string of the molecule is CC1CCCN(C(=O)N2CCCC2C)C1. The fourth-order valence-corrected chi connectivity index (χ4v) is 2.76. The Hall–Kier alpha value is -0.730. The zero-order valence-electron chi connectivity index (χ0n) is 9.91. The Labute approximate surface area is 92.4 Å². The maximum Gasteiger partial charge on any atom is 0.320 e. The fourth-order valence-electron chi connectivity index (χ4n) is 2.76.